The Bertz CT molecular complexity index is 997. The number of benzene rings is 2. The van der Waals surface area contributed by atoms with E-state index < -0.39 is 5.91 Å². The largest absolute Gasteiger partial charge is 0.504 e. The highest BCUT2D eigenvalue weighted by atomic mass is 16.5. The molecule has 0 saturated heterocycles. The van der Waals surface area contributed by atoms with Gasteiger partial charge in [-0.1, -0.05) is 12.1 Å². The third-order valence-electron chi connectivity index (χ3n) is 3.87. The van der Waals surface area contributed by atoms with Crippen LogP contribution in [0.2, 0.25) is 0 Å². The van der Waals surface area contributed by atoms with Gasteiger partial charge in [0.2, 0.25) is 0 Å². The Morgan fingerprint density at radius 2 is 2.07 bits per heavy atom. The summed E-state index contributed by atoms with van der Waals surface area (Å²) in [7, 11) is 1.58. The fourth-order valence-corrected chi connectivity index (χ4v) is 2.54. The van der Waals surface area contributed by atoms with Gasteiger partial charge in [-0.15, -0.1) is 0 Å². The van der Waals surface area contributed by atoms with Crippen LogP contribution in [0.15, 0.2) is 53.6 Å². The van der Waals surface area contributed by atoms with Gasteiger partial charge in [-0.3, -0.25) is 9.89 Å². The maximum atomic E-state index is 12.3. The van der Waals surface area contributed by atoms with E-state index >= 15 is 0 Å². The lowest BCUT2D eigenvalue weighted by atomic mass is 10.1. The first-order valence-electron chi connectivity index (χ1n) is 8.60. The zero-order valence-corrected chi connectivity index (χ0v) is 15.5. The highest BCUT2D eigenvalue weighted by Gasteiger charge is 2.13. The minimum Gasteiger partial charge on any atom is -0.504 e. The van der Waals surface area contributed by atoms with E-state index in [0.29, 0.717) is 29.4 Å². The minimum absolute atomic E-state index is 0.0457. The van der Waals surface area contributed by atoms with Crippen LogP contribution in [0.1, 0.15) is 23.0 Å². The molecule has 144 valence electrons. The number of amides is 1. The van der Waals surface area contributed by atoms with Gasteiger partial charge < -0.3 is 14.6 Å². The van der Waals surface area contributed by atoms with Gasteiger partial charge in [-0.2, -0.15) is 10.2 Å². The van der Waals surface area contributed by atoms with Crippen molar-refractivity contribution in [3.8, 4) is 28.5 Å². The number of nitrogens with one attached hydrogen (secondary N) is 2. The number of phenolic OH excluding ortho intramolecular Hbond substituents is 1. The highest BCUT2D eigenvalue weighted by Crippen LogP contribution is 2.28. The first-order valence-corrected chi connectivity index (χ1v) is 8.60. The second-order valence-corrected chi connectivity index (χ2v) is 5.73. The van der Waals surface area contributed by atoms with Crippen molar-refractivity contribution < 1.29 is 19.4 Å². The average molecular weight is 380 g/mol. The number of carbonyl (C=O) groups excluding carboxylic acids is 1. The predicted molar refractivity (Wildman–Crippen MR) is 105 cm³/mol. The predicted octanol–water partition coefficient (Wildman–Crippen LogP) is 2.95. The van der Waals surface area contributed by atoms with Crippen molar-refractivity contribution in [1.29, 1.82) is 0 Å². The van der Waals surface area contributed by atoms with Crippen LogP contribution < -0.4 is 14.9 Å². The second-order valence-electron chi connectivity index (χ2n) is 5.73. The quantitative estimate of drug-likeness (QED) is 0.431. The lowest BCUT2D eigenvalue weighted by Crippen LogP contribution is -2.18. The number of carbonyl (C=O) groups is 1. The Morgan fingerprint density at radius 3 is 2.86 bits per heavy atom. The number of methoxy groups -OCH3 is 1. The zero-order valence-electron chi connectivity index (χ0n) is 15.5. The zero-order chi connectivity index (χ0) is 19.9. The van der Waals surface area contributed by atoms with Crippen molar-refractivity contribution in [3.05, 3.63) is 59.8 Å². The summed E-state index contributed by atoms with van der Waals surface area (Å²) in [6, 6.07) is 13.8. The maximum absolute atomic E-state index is 12.3. The van der Waals surface area contributed by atoms with Crippen molar-refractivity contribution in [2.45, 2.75) is 6.92 Å². The third-order valence-corrected chi connectivity index (χ3v) is 3.87. The SMILES string of the molecule is CCOc1cc(C=NNC(=O)c2cc(-c3ccccc3OC)n[nH]2)ccc1O. The molecule has 0 aliphatic carbocycles. The molecule has 3 aromatic rings. The molecule has 0 aliphatic heterocycles. The van der Waals surface area contributed by atoms with Gasteiger partial charge in [-0.25, -0.2) is 5.43 Å². The summed E-state index contributed by atoms with van der Waals surface area (Å²) >= 11 is 0. The number of hydrogen-bond donors (Lipinski definition) is 3. The molecule has 2 aromatic carbocycles. The number of para-hydroxylation sites is 1. The molecule has 3 rings (SSSR count). The Hall–Kier alpha value is -3.81. The summed E-state index contributed by atoms with van der Waals surface area (Å²) < 4.78 is 10.6. The van der Waals surface area contributed by atoms with Crippen LogP contribution in [0.3, 0.4) is 0 Å². The first-order chi connectivity index (χ1) is 13.6. The molecule has 3 N–H and O–H groups in total. The topological polar surface area (TPSA) is 109 Å². The molecule has 0 unspecified atom stereocenters. The maximum Gasteiger partial charge on any atom is 0.289 e. The molecule has 0 bridgehead atoms. The molecule has 0 radical (unpaired) electrons. The average Bonchev–Trinajstić information content (AvgIpc) is 3.20. The van der Waals surface area contributed by atoms with Crippen molar-refractivity contribution in [2.24, 2.45) is 5.10 Å². The number of ether oxygens (including phenoxy) is 2. The summed E-state index contributed by atoms with van der Waals surface area (Å²) in [5.41, 5.74) is 4.73. The molecule has 1 heterocycles. The van der Waals surface area contributed by atoms with Gasteiger partial charge in [-0.05, 0) is 48.9 Å². The number of phenols is 1. The van der Waals surface area contributed by atoms with Gasteiger partial charge in [0.05, 0.1) is 25.6 Å². The monoisotopic (exact) mass is 380 g/mol. The summed E-state index contributed by atoms with van der Waals surface area (Å²) in [6.45, 7) is 2.25. The van der Waals surface area contributed by atoms with Crippen LogP contribution in [0.25, 0.3) is 11.3 Å². The number of H-pyrrole nitrogens is 1. The van der Waals surface area contributed by atoms with E-state index in [1.807, 2.05) is 31.2 Å². The van der Waals surface area contributed by atoms with Crippen molar-refractivity contribution >= 4 is 12.1 Å². The Labute approximate surface area is 161 Å². The van der Waals surface area contributed by atoms with E-state index in [1.54, 1.807) is 25.3 Å². The number of rotatable bonds is 7. The van der Waals surface area contributed by atoms with E-state index in [0.717, 1.165) is 5.56 Å². The van der Waals surface area contributed by atoms with Crippen LogP contribution in [0, 0.1) is 0 Å². The number of aromatic amines is 1. The molecule has 0 aliphatic rings. The van der Waals surface area contributed by atoms with Crippen molar-refractivity contribution in [2.75, 3.05) is 13.7 Å². The van der Waals surface area contributed by atoms with E-state index in [9.17, 15) is 9.90 Å². The fraction of sp³-hybridized carbons (Fsp3) is 0.150. The Morgan fingerprint density at radius 1 is 1.25 bits per heavy atom. The van der Waals surface area contributed by atoms with E-state index in [1.165, 1.54) is 12.3 Å². The van der Waals surface area contributed by atoms with Gasteiger partial charge >= 0.3 is 0 Å². The van der Waals surface area contributed by atoms with Gasteiger partial charge in [0.15, 0.2) is 11.5 Å². The number of nitrogens with zero attached hydrogens (tertiary/aromatic N) is 2. The van der Waals surface area contributed by atoms with Gasteiger partial charge in [0.1, 0.15) is 11.4 Å². The fourth-order valence-electron chi connectivity index (χ4n) is 2.54. The summed E-state index contributed by atoms with van der Waals surface area (Å²) in [4.78, 5) is 12.3. The van der Waals surface area contributed by atoms with E-state index in [-0.39, 0.29) is 11.4 Å². The number of hydrogen-bond acceptors (Lipinski definition) is 6. The first kappa shape index (κ1) is 19.0. The van der Waals surface area contributed by atoms with Gasteiger partial charge in [0.25, 0.3) is 5.91 Å². The summed E-state index contributed by atoms with van der Waals surface area (Å²) in [5, 5.41) is 20.5. The van der Waals surface area contributed by atoms with Crippen LogP contribution >= 0.6 is 0 Å². The lowest BCUT2D eigenvalue weighted by molar-refractivity contribution is 0.0950. The lowest BCUT2D eigenvalue weighted by Gasteiger charge is -2.05. The number of aromatic nitrogens is 2. The van der Waals surface area contributed by atoms with Crippen LogP contribution in [0.4, 0.5) is 0 Å². The molecule has 1 aromatic heterocycles. The number of aromatic hydroxyl groups is 1. The molecule has 1 amide bonds. The van der Waals surface area contributed by atoms with Crippen LogP contribution in [0.5, 0.6) is 17.2 Å². The van der Waals surface area contributed by atoms with Crippen LogP contribution in [-0.2, 0) is 0 Å². The van der Waals surface area contributed by atoms with E-state index in [2.05, 4.69) is 20.7 Å². The molecule has 28 heavy (non-hydrogen) atoms. The minimum atomic E-state index is -0.436. The third kappa shape index (κ3) is 4.29. The van der Waals surface area contributed by atoms with Crippen molar-refractivity contribution in [1.82, 2.24) is 15.6 Å². The van der Waals surface area contributed by atoms with E-state index in [4.69, 9.17) is 9.47 Å². The Balaban J connectivity index is 1.68. The van der Waals surface area contributed by atoms with Gasteiger partial charge in [0, 0.05) is 5.56 Å². The molecular formula is C20H20N4O4. The molecular weight excluding hydrogens is 360 g/mol. The normalized spacial score (nSPS) is 10.8. The summed E-state index contributed by atoms with van der Waals surface area (Å²) in [5.74, 6) is 0.627. The molecule has 0 spiro atoms. The molecule has 8 nitrogen and oxygen atoms in total. The molecule has 0 fully saturated rings. The van der Waals surface area contributed by atoms with Crippen LogP contribution in [-0.4, -0.2) is 41.1 Å². The van der Waals surface area contributed by atoms with Crippen molar-refractivity contribution in [3.63, 3.8) is 0 Å². The summed E-state index contributed by atoms with van der Waals surface area (Å²) in [6.07, 6.45) is 1.46. The smallest absolute Gasteiger partial charge is 0.289 e. The molecule has 8 heteroatoms. The Kier molecular flexibility index (Phi) is 5.91. The number of hydrazone groups is 1. The highest BCUT2D eigenvalue weighted by molar-refractivity contribution is 5.94. The standard InChI is InChI=1S/C20H20N4O4/c1-3-28-19-10-13(8-9-17(19)25)12-21-24-20(26)16-11-15(22-23-16)14-6-4-5-7-18(14)27-2/h4-12,25H,3H2,1-2H3,(H,22,23)(H,24,26). The molecule has 0 atom stereocenters. The second kappa shape index (κ2) is 8.72. The molecule has 0 saturated carbocycles.